The number of benzene rings is 1. The minimum absolute atomic E-state index is 0.0536. The van der Waals surface area contributed by atoms with E-state index in [4.69, 9.17) is 11.5 Å². The fraction of sp³-hybridized carbons (Fsp3) is 0.364. The molecule has 2 aromatic heterocycles. The zero-order valence-electron chi connectivity index (χ0n) is 16.4. The molecule has 6 heteroatoms. The fourth-order valence-corrected chi connectivity index (χ4v) is 4.06. The lowest BCUT2D eigenvalue weighted by molar-refractivity contribution is -0.135. The van der Waals surface area contributed by atoms with Crippen LogP contribution >= 0.6 is 0 Å². The van der Waals surface area contributed by atoms with Crippen molar-refractivity contribution in [3.05, 3.63) is 48.2 Å². The van der Waals surface area contributed by atoms with Crippen LogP contribution in [0.3, 0.4) is 0 Å². The number of aromatic nitrogens is 2. The second-order valence-electron chi connectivity index (χ2n) is 7.93. The first-order valence-corrected chi connectivity index (χ1v) is 9.85. The molecule has 1 aliphatic rings. The van der Waals surface area contributed by atoms with E-state index in [9.17, 15) is 4.79 Å². The summed E-state index contributed by atoms with van der Waals surface area (Å²) >= 11 is 0. The van der Waals surface area contributed by atoms with Crippen LogP contribution in [0.15, 0.2) is 42.6 Å². The number of rotatable bonds is 3. The van der Waals surface area contributed by atoms with E-state index >= 15 is 0 Å². The summed E-state index contributed by atoms with van der Waals surface area (Å²) in [7, 11) is 0. The third-order valence-electron chi connectivity index (χ3n) is 5.63. The summed E-state index contributed by atoms with van der Waals surface area (Å²) in [6, 6.07) is 12.2. The van der Waals surface area contributed by atoms with Gasteiger partial charge >= 0.3 is 0 Å². The van der Waals surface area contributed by atoms with Crippen molar-refractivity contribution in [3.8, 4) is 11.3 Å². The molecule has 0 aliphatic carbocycles. The number of hydrogen-bond donors (Lipinski definition) is 2. The summed E-state index contributed by atoms with van der Waals surface area (Å²) in [5.41, 5.74) is 16.9. The van der Waals surface area contributed by atoms with Crippen molar-refractivity contribution in [2.24, 2.45) is 5.92 Å². The van der Waals surface area contributed by atoms with Crippen LogP contribution in [0.4, 0.5) is 11.5 Å². The lowest BCUT2D eigenvalue weighted by atomic mass is 9.88. The molecule has 0 radical (unpaired) electrons. The van der Waals surface area contributed by atoms with Gasteiger partial charge < -0.3 is 16.4 Å². The lowest BCUT2D eigenvalue weighted by Crippen LogP contribution is -2.40. The van der Waals surface area contributed by atoms with Gasteiger partial charge in [-0.25, -0.2) is 4.98 Å². The molecule has 0 spiro atoms. The molecule has 1 aliphatic heterocycles. The molecule has 0 saturated carbocycles. The molecular weight excluding hydrogens is 350 g/mol. The highest BCUT2D eigenvalue weighted by Gasteiger charge is 2.26. The maximum Gasteiger partial charge on any atom is 0.225 e. The van der Waals surface area contributed by atoms with E-state index in [1.54, 1.807) is 6.20 Å². The maximum atomic E-state index is 12.3. The Morgan fingerprint density at radius 2 is 1.79 bits per heavy atom. The third kappa shape index (κ3) is 3.30. The average Bonchev–Trinajstić information content (AvgIpc) is 3.08. The Bertz CT molecular complexity index is 998. The number of carbonyl (C=O) groups excluding carboxylic acids is 1. The fourth-order valence-electron chi connectivity index (χ4n) is 4.06. The number of likely N-dealkylation sites (tertiary alicyclic amines) is 1. The summed E-state index contributed by atoms with van der Waals surface area (Å²) < 4.78 is 1.98. The van der Waals surface area contributed by atoms with Gasteiger partial charge in [-0.05, 0) is 54.2 Å². The number of nitrogens with two attached hydrogens (primary N) is 2. The van der Waals surface area contributed by atoms with Crippen LogP contribution in [-0.2, 0) is 4.79 Å². The number of fused-ring (bicyclic) bond motifs is 1. The molecule has 0 atom stereocenters. The van der Waals surface area contributed by atoms with Crippen molar-refractivity contribution in [1.82, 2.24) is 14.3 Å². The third-order valence-corrected chi connectivity index (χ3v) is 5.63. The monoisotopic (exact) mass is 377 g/mol. The van der Waals surface area contributed by atoms with Gasteiger partial charge in [-0.15, -0.1) is 0 Å². The van der Waals surface area contributed by atoms with E-state index in [2.05, 4.69) is 17.1 Å². The largest absolute Gasteiger partial charge is 0.399 e. The van der Waals surface area contributed by atoms with Crippen molar-refractivity contribution in [3.63, 3.8) is 0 Å². The highest BCUT2D eigenvalue weighted by atomic mass is 16.2. The molecule has 146 valence electrons. The molecule has 0 bridgehead atoms. The van der Waals surface area contributed by atoms with E-state index in [-0.39, 0.29) is 11.8 Å². The Balaban J connectivity index is 1.68. The summed E-state index contributed by atoms with van der Waals surface area (Å²) in [6.07, 6.45) is 3.63. The number of piperidine rings is 1. The van der Waals surface area contributed by atoms with Gasteiger partial charge in [0.05, 0.1) is 11.9 Å². The topological polar surface area (TPSA) is 89.6 Å². The molecule has 1 fully saturated rings. The predicted octanol–water partition coefficient (Wildman–Crippen LogP) is 3.53. The van der Waals surface area contributed by atoms with E-state index < -0.39 is 0 Å². The second kappa shape index (κ2) is 7.19. The van der Waals surface area contributed by atoms with E-state index in [1.165, 1.54) is 5.56 Å². The molecule has 28 heavy (non-hydrogen) atoms. The summed E-state index contributed by atoms with van der Waals surface area (Å²) in [5, 5.41) is 0. The van der Waals surface area contributed by atoms with Gasteiger partial charge in [-0.3, -0.25) is 9.20 Å². The van der Waals surface area contributed by atoms with Crippen LogP contribution in [-0.4, -0.2) is 33.3 Å². The quantitative estimate of drug-likeness (QED) is 0.683. The van der Waals surface area contributed by atoms with Crippen molar-refractivity contribution in [2.75, 3.05) is 24.6 Å². The van der Waals surface area contributed by atoms with Crippen molar-refractivity contribution >= 4 is 23.1 Å². The first kappa shape index (κ1) is 18.3. The van der Waals surface area contributed by atoms with Gasteiger partial charge in [0.1, 0.15) is 11.5 Å². The normalized spacial score (nSPS) is 15.5. The first-order chi connectivity index (χ1) is 13.4. The maximum absolute atomic E-state index is 12.3. The summed E-state index contributed by atoms with van der Waals surface area (Å²) in [6.45, 7) is 5.54. The Kier molecular flexibility index (Phi) is 4.71. The molecule has 4 rings (SSSR count). The second-order valence-corrected chi connectivity index (χ2v) is 7.93. The number of imidazole rings is 1. The van der Waals surface area contributed by atoms with Crippen LogP contribution < -0.4 is 11.5 Å². The molecule has 1 amide bonds. The summed E-state index contributed by atoms with van der Waals surface area (Å²) in [5.74, 6) is 1.33. The standard InChI is InChI=1S/C22H27N5O/c1-14(2)22(28)26-9-7-15(8-10-26)17-11-19(16-3-5-18(23)6-4-16)27-20(24)13-25-21(27)12-17/h3-6,11-15H,7-10,23-24H2,1-2H3. The number of amides is 1. The van der Waals surface area contributed by atoms with Gasteiger partial charge in [-0.2, -0.15) is 0 Å². The highest BCUT2D eigenvalue weighted by molar-refractivity contribution is 5.78. The Labute approximate surface area is 165 Å². The number of pyridine rings is 1. The van der Waals surface area contributed by atoms with E-state index in [1.807, 2.05) is 47.4 Å². The number of anilines is 2. The molecular formula is C22H27N5O. The predicted molar refractivity (Wildman–Crippen MR) is 113 cm³/mol. The zero-order chi connectivity index (χ0) is 19.8. The summed E-state index contributed by atoms with van der Waals surface area (Å²) in [4.78, 5) is 18.8. The van der Waals surface area contributed by atoms with Gasteiger partial charge in [0.25, 0.3) is 0 Å². The smallest absolute Gasteiger partial charge is 0.225 e. The average molecular weight is 377 g/mol. The lowest BCUT2D eigenvalue weighted by Gasteiger charge is -2.33. The first-order valence-electron chi connectivity index (χ1n) is 9.85. The molecule has 1 saturated heterocycles. The van der Waals surface area contributed by atoms with Crippen LogP contribution in [0.5, 0.6) is 0 Å². The van der Waals surface area contributed by atoms with Gasteiger partial charge in [-0.1, -0.05) is 26.0 Å². The van der Waals surface area contributed by atoms with Crippen LogP contribution in [0.1, 0.15) is 38.2 Å². The van der Waals surface area contributed by atoms with Crippen LogP contribution in [0, 0.1) is 5.92 Å². The molecule has 6 nitrogen and oxygen atoms in total. The molecule has 1 aromatic carbocycles. The number of nitrogens with zero attached hydrogens (tertiary/aromatic N) is 3. The number of nitrogen functional groups attached to an aromatic ring is 2. The van der Waals surface area contributed by atoms with Gasteiger partial charge in [0, 0.05) is 24.7 Å². The van der Waals surface area contributed by atoms with Crippen LogP contribution in [0.2, 0.25) is 0 Å². The minimum Gasteiger partial charge on any atom is -0.399 e. The van der Waals surface area contributed by atoms with Crippen molar-refractivity contribution in [2.45, 2.75) is 32.6 Å². The Morgan fingerprint density at radius 1 is 1.11 bits per heavy atom. The van der Waals surface area contributed by atoms with Crippen molar-refractivity contribution in [1.29, 1.82) is 0 Å². The molecule has 3 heterocycles. The van der Waals surface area contributed by atoms with Gasteiger partial charge in [0.2, 0.25) is 5.91 Å². The minimum atomic E-state index is 0.0536. The van der Waals surface area contributed by atoms with Crippen LogP contribution in [0.25, 0.3) is 16.9 Å². The molecule has 3 aromatic rings. The number of carbonyl (C=O) groups is 1. The highest BCUT2D eigenvalue weighted by Crippen LogP contribution is 2.33. The van der Waals surface area contributed by atoms with E-state index in [0.29, 0.717) is 11.7 Å². The number of hydrogen-bond acceptors (Lipinski definition) is 4. The van der Waals surface area contributed by atoms with Crippen molar-refractivity contribution < 1.29 is 4.79 Å². The van der Waals surface area contributed by atoms with Gasteiger partial charge in [0.15, 0.2) is 0 Å². The Morgan fingerprint density at radius 3 is 2.43 bits per heavy atom. The SMILES string of the molecule is CC(C)C(=O)N1CCC(c2cc(-c3ccc(N)cc3)n3c(N)cnc3c2)CC1. The molecule has 4 N–H and O–H groups in total. The zero-order valence-corrected chi connectivity index (χ0v) is 16.4. The van der Waals surface area contributed by atoms with E-state index in [0.717, 1.165) is 48.5 Å². The molecule has 0 unspecified atom stereocenters. The Hall–Kier alpha value is -3.02.